The minimum absolute atomic E-state index is 0.934. The minimum Gasteiger partial charge on any atom is -0.313 e. The van der Waals surface area contributed by atoms with Crippen LogP contribution in [0.5, 0.6) is 0 Å². The molecule has 2 rings (SSSR count). The molecule has 1 fully saturated rings. The number of likely N-dealkylation sites (tertiary alicyclic amines) is 1. The van der Waals surface area contributed by atoms with Crippen LogP contribution < -0.4 is 5.32 Å². The molecule has 112 valence electrons. The second-order valence-electron chi connectivity index (χ2n) is 5.96. The van der Waals surface area contributed by atoms with Gasteiger partial charge in [-0.25, -0.2) is 0 Å². The van der Waals surface area contributed by atoms with Gasteiger partial charge in [-0.1, -0.05) is 26.3 Å². The molecular formula is C17H29N3. The first kappa shape index (κ1) is 15.5. The average Bonchev–Trinajstić information content (AvgIpc) is 2.50. The Balaban J connectivity index is 1.76. The first-order valence-electron chi connectivity index (χ1n) is 8.18. The first-order chi connectivity index (χ1) is 9.81. The first-order valence-corrected chi connectivity index (χ1v) is 8.18. The predicted molar refractivity (Wildman–Crippen MR) is 84.5 cm³/mol. The molecule has 0 amide bonds. The number of nitrogens with zero attached hydrogens (tertiary/aromatic N) is 2. The van der Waals surface area contributed by atoms with Crippen LogP contribution in [0.1, 0.15) is 50.8 Å². The normalized spacial score (nSPS) is 17.5. The molecule has 2 heterocycles. The lowest BCUT2D eigenvalue weighted by molar-refractivity contribution is 0.173. The molecule has 1 aromatic heterocycles. The average molecular weight is 275 g/mol. The lowest BCUT2D eigenvalue weighted by Crippen LogP contribution is -2.33. The fourth-order valence-electron chi connectivity index (χ4n) is 2.84. The van der Waals surface area contributed by atoms with Gasteiger partial charge in [-0.05, 0) is 56.4 Å². The van der Waals surface area contributed by atoms with Crippen molar-refractivity contribution in [1.82, 2.24) is 15.2 Å². The minimum atomic E-state index is 0.934. The van der Waals surface area contributed by atoms with Gasteiger partial charge in [-0.15, -0.1) is 0 Å². The van der Waals surface area contributed by atoms with E-state index in [1.807, 2.05) is 6.20 Å². The summed E-state index contributed by atoms with van der Waals surface area (Å²) < 4.78 is 0. The summed E-state index contributed by atoms with van der Waals surface area (Å²) >= 11 is 0. The van der Waals surface area contributed by atoms with Gasteiger partial charge < -0.3 is 5.32 Å². The molecule has 0 bridgehead atoms. The van der Waals surface area contributed by atoms with Crippen molar-refractivity contribution in [2.45, 2.75) is 52.6 Å². The molecule has 3 nitrogen and oxygen atoms in total. The highest BCUT2D eigenvalue weighted by Crippen LogP contribution is 2.20. The van der Waals surface area contributed by atoms with E-state index >= 15 is 0 Å². The van der Waals surface area contributed by atoms with Gasteiger partial charge in [0.2, 0.25) is 0 Å². The Bertz CT molecular complexity index is 366. The van der Waals surface area contributed by atoms with E-state index in [9.17, 15) is 0 Å². The SMILES string of the molecule is CCCNCc1ccc(CN2CCC(CC)CC2)nc1. The lowest BCUT2D eigenvalue weighted by Gasteiger charge is -2.31. The summed E-state index contributed by atoms with van der Waals surface area (Å²) in [6, 6.07) is 4.40. The summed E-state index contributed by atoms with van der Waals surface area (Å²) in [4.78, 5) is 7.15. The molecule has 3 heteroatoms. The van der Waals surface area contributed by atoms with E-state index < -0.39 is 0 Å². The third-order valence-electron chi connectivity index (χ3n) is 4.31. The van der Waals surface area contributed by atoms with Crippen LogP contribution in [0.4, 0.5) is 0 Å². The van der Waals surface area contributed by atoms with E-state index in [-0.39, 0.29) is 0 Å². The molecule has 0 radical (unpaired) electrons. The second kappa shape index (κ2) is 8.38. The topological polar surface area (TPSA) is 28.2 Å². The van der Waals surface area contributed by atoms with E-state index in [2.05, 4.69) is 41.2 Å². The quantitative estimate of drug-likeness (QED) is 0.775. The van der Waals surface area contributed by atoms with Gasteiger partial charge in [0.25, 0.3) is 0 Å². The lowest BCUT2D eigenvalue weighted by atomic mass is 9.94. The summed E-state index contributed by atoms with van der Waals surface area (Å²) in [6.07, 6.45) is 7.26. The number of pyridine rings is 1. The number of nitrogens with one attached hydrogen (secondary N) is 1. The van der Waals surface area contributed by atoms with Crippen molar-refractivity contribution in [2.75, 3.05) is 19.6 Å². The van der Waals surface area contributed by atoms with Crippen molar-refractivity contribution in [3.05, 3.63) is 29.6 Å². The molecule has 1 N–H and O–H groups in total. The van der Waals surface area contributed by atoms with Crippen LogP contribution in [0.25, 0.3) is 0 Å². The van der Waals surface area contributed by atoms with Gasteiger partial charge in [-0.2, -0.15) is 0 Å². The van der Waals surface area contributed by atoms with E-state index in [0.29, 0.717) is 0 Å². The van der Waals surface area contributed by atoms with Crippen LogP contribution in [0, 0.1) is 5.92 Å². The molecule has 0 unspecified atom stereocenters. The molecule has 0 aromatic carbocycles. The third kappa shape index (κ3) is 4.88. The highest BCUT2D eigenvalue weighted by atomic mass is 15.1. The molecular weight excluding hydrogens is 246 g/mol. The van der Waals surface area contributed by atoms with Crippen LogP contribution in [-0.2, 0) is 13.1 Å². The van der Waals surface area contributed by atoms with Crippen molar-refractivity contribution in [3.8, 4) is 0 Å². The zero-order valence-corrected chi connectivity index (χ0v) is 13.1. The summed E-state index contributed by atoms with van der Waals surface area (Å²) in [5, 5.41) is 3.41. The summed E-state index contributed by atoms with van der Waals surface area (Å²) in [7, 11) is 0. The molecule has 1 saturated heterocycles. The molecule has 1 aliphatic rings. The summed E-state index contributed by atoms with van der Waals surface area (Å²) in [6.45, 7) is 10.00. The molecule has 0 spiro atoms. The number of hydrogen-bond acceptors (Lipinski definition) is 3. The Labute approximate surface area is 123 Å². The van der Waals surface area contributed by atoms with Gasteiger partial charge in [0.15, 0.2) is 0 Å². The van der Waals surface area contributed by atoms with Crippen molar-refractivity contribution in [1.29, 1.82) is 0 Å². The van der Waals surface area contributed by atoms with Crippen LogP contribution in [0.3, 0.4) is 0 Å². The van der Waals surface area contributed by atoms with E-state index in [1.54, 1.807) is 0 Å². The maximum atomic E-state index is 4.61. The molecule has 1 aromatic rings. The molecule has 0 saturated carbocycles. The van der Waals surface area contributed by atoms with Gasteiger partial charge in [0.1, 0.15) is 0 Å². The van der Waals surface area contributed by atoms with Crippen molar-refractivity contribution < 1.29 is 0 Å². The predicted octanol–water partition coefficient (Wildman–Crippen LogP) is 3.20. The molecule has 1 aliphatic heterocycles. The van der Waals surface area contributed by atoms with Crippen LogP contribution in [-0.4, -0.2) is 29.5 Å². The Morgan fingerprint density at radius 2 is 2.05 bits per heavy atom. The standard InChI is InChI=1S/C17H29N3/c1-3-9-18-12-16-5-6-17(19-13-16)14-20-10-7-15(4-2)8-11-20/h5-6,13,15,18H,3-4,7-12,14H2,1-2H3. The highest BCUT2D eigenvalue weighted by Gasteiger charge is 2.17. The molecule has 20 heavy (non-hydrogen) atoms. The summed E-state index contributed by atoms with van der Waals surface area (Å²) in [5.74, 6) is 0.950. The van der Waals surface area contributed by atoms with Gasteiger partial charge in [0.05, 0.1) is 5.69 Å². The van der Waals surface area contributed by atoms with Gasteiger partial charge >= 0.3 is 0 Å². The second-order valence-corrected chi connectivity index (χ2v) is 5.96. The monoisotopic (exact) mass is 275 g/mol. The highest BCUT2D eigenvalue weighted by molar-refractivity contribution is 5.14. The third-order valence-corrected chi connectivity index (χ3v) is 4.31. The fraction of sp³-hybridized carbons (Fsp3) is 0.706. The van der Waals surface area contributed by atoms with Crippen LogP contribution in [0.15, 0.2) is 18.3 Å². The fourth-order valence-corrected chi connectivity index (χ4v) is 2.84. The Hall–Kier alpha value is -0.930. The molecule has 0 atom stereocenters. The maximum absolute atomic E-state index is 4.61. The zero-order valence-electron chi connectivity index (χ0n) is 13.1. The van der Waals surface area contributed by atoms with Gasteiger partial charge in [0, 0.05) is 19.3 Å². The number of hydrogen-bond donors (Lipinski definition) is 1. The van der Waals surface area contributed by atoms with Crippen LogP contribution >= 0.6 is 0 Å². The number of rotatable bonds is 7. The number of piperidine rings is 1. The Morgan fingerprint density at radius 3 is 2.65 bits per heavy atom. The van der Waals surface area contributed by atoms with Crippen molar-refractivity contribution in [3.63, 3.8) is 0 Å². The van der Waals surface area contributed by atoms with E-state index in [0.717, 1.165) is 25.6 Å². The van der Waals surface area contributed by atoms with Crippen molar-refractivity contribution in [2.24, 2.45) is 5.92 Å². The van der Waals surface area contributed by atoms with Crippen molar-refractivity contribution >= 4 is 0 Å². The van der Waals surface area contributed by atoms with E-state index in [1.165, 1.54) is 50.0 Å². The Morgan fingerprint density at radius 1 is 1.25 bits per heavy atom. The molecule has 0 aliphatic carbocycles. The Kier molecular flexibility index (Phi) is 6.48. The van der Waals surface area contributed by atoms with E-state index in [4.69, 9.17) is 0 Å². The summed E-state index contributed by atoms with van der Waals surface area (Å²) in [5.41, 5.74) is 2.49. The van der Waals surface area contributed by atoms with Gasteiger partial charge in [-0.3, -0.25) is 9.88 Å². The van der Waals surface area contributed by atoms with Crippen LogP contribution in [0.2, 0.25) is 0 Å². The smallest absolute Gasteiger partial charge is 0.0544 e. The zero-order chi connectivity index (χ0) is 14.2. The maximum Gasteiger partial charge on any atom is 0.0544 e. The number of aromatic nitrogens is 1. The largest absolute Gasteiger partial charge is 0.313 e.